The number of anilines is 1. The van der Waals surface area contributed by atoms with E-state index in [1.165, 1.54) is 4.90 Å². The molecule has 0 bridgehead atoms. The molecule has 0 fully saturated rings. The molecule has 0 spiro atoms. The molecule has 1 aliphatic rings. The predicted octanol–water partition coefficient (Wildman–Crippen LogP) is 5.78. The molecule has 0 aromatic heterocycles. The number of methoxy groups -OCH3 is 2. The molecule has 1 N–H and O–H groups in total. The van der Waals surface area contributed by atoms with E-state index in [4.69, 9.17) is 25.8 Å². The van der Waals surface area contributed by atoms with Crippen LogP contribution in [-0.2, 0) is 21.4 Å². The number of amides is 2. The van der Waals surface area contributed by atoms with Gasteiger partial charge in [0.05, 0.1) is 19.9 Å². The number of hydrogen-bond donors (Lipinski definition) is 1. The molecular weight excluding hydrogens is 516 g/mol. The van der Waals surface area contributed by atoms with E-state index in [1.54, 1.807) is 44.6 Å². The zero-order valence-corrected chi connectivity index (χ0v) is 23.6. The Bertz CT molecular complexity index is 1390. The van der Waals surface area contributed by atoms with E-state index in [1.807, 2.05) is 36.4 Å². The van der Waals surface area contributed by atoms with Gasteiger partial charge in [0.25, 0.3) is 5.91 Å². The normalized spacial score (nSPS) is 14.1. The molecule has 3 aromatic carbocycles. The summed E-state index contributed by atoms with van der Waals surface area (Å²) in [6, 6.07) is 18.5. The molecule has 0 saturated carbocycles. The quantitative estimate of drug-likeness (QED) is 0.361. The lowest BCUT2D eigenvalue weighted by molar-refractivity contribution is -0.123. The molecule has 1 aliphatic heterocycles. The summed E-state index contributed by atoms with van der Waals surface area (Å²) in [7, 11) is 3.17. The Hall–Kier alpha value is -3.97. The minimum absolute atomic E-state index is 0.131. The van der Waals surface area contributed by atoms with Gasteiger partial charge in [0, 0.05) is 11.6 Å². The highest BCUT2D eigenvalue weighted by Crippen LogP contribution is 2.39. The van der Waals surface area contributed by atoms with Crippen LogP contribution in [0.2, 0.25) is 5.02 Å². The Kier molecular flexibility index (Phi) is 8.51. The van der Waals surface area contributed by atoms with E-state index in [0.29, 0.717) is 40.9 Å². The van der Waals surface area contributed by atoms with Crippen LogP contribution in [0.4, 0.5) is 5.69 Å². The first kappa shape index (κ1) is 28.0. The average molecular weight is 549 g/mol. The molecule has 0 atom stereocenters. The van der Waals surface area contributed by atoms with Gasteiger partial charge in [-0.25, -0.2) is 0 Å². The third kappa shape index (κ3) is 6.73. The number of halogens is 1. The zero-order chi connectivity index (χ0) is 28.2. The smallest absolute Gasteiger partial charge is 0.294 e. The number of nitrogens with zero attached hydrogens (tertiary/aromatic N) is 1. The molecule has 1 heterocycles. The van der Waals surface area contributed by atoms with Crippen molar-refractivity contribution in [3.63, 3.8) is 0 Å². The van der Waals surface area contributed by atoms with Crippen molar-refractivity contribution < 1.29 is 23.8 Å². The molecule has 204 valence electrons. The van der Waals surface area contributed by atoms with Crippen molar-refractivity contribution in [2.24, 2.45) is 0 Å². The van der Waals surface area contributed by atoms with Crippen LogP contribution in [0.5, 0.6) is 17.2 Å². The molecule has 4 rings (SSSR count). The van der Waals surface area contributed by atoms with Gasteiger partial charge < -0.3 is 19.5 Å². The number of carbonyl (C=O) groups excluding carboxylic acids is 2. The van der Waals surface area contributed by atoms with E-state index < -0.39 is 5.91 Å². The molecule has 0 aliphatic carbocycles. The summed E-state index contributed by atoms with van der Waals surface area (Å²) in [5, 5.41) is 3.53. The molecule has 0 saturated heterocycles. The Morgan fingerprint density at radius 1 is 1.00 bits per heavy atom. The van der Waals surface area contributed by atoms with Gasteiger partial charge in [-0.3, -0.25) is 14.5 Å². The van der Waals surface area contributed by atoms with Crippen molar-refractivity contribution in [3.05, 3.63) is 88.1 Å². The van der Waals surface area contributed by atoms with Gasteiger partial charge >= 0.3 is 0 Å². The van der Waals surface area contributed by atoms with Gasteiger partial charge in [-0.2, -0.15) is 0 Å². The molecule has 7 nitrogen and oxygen atoms in total. The largest absolute Gasteiger partial charge is 0.493 e. The third-order valence-corrected chi connectivity index (χ3v) is 6.70. The molecule has 0 unspecified atom stereocenters. The molecule has 0 radical (unpaired) electrons. The Balaban J connectivity index is 1.54. The monoisotopic (exact) mass is 548 g/mol. The van der Waals surface area contributed by atoms with Crippen LogP contribution in [0.3, 0.4) is 0 Å². The number of ether oxygens (including phenoxy) is 3. The summed E-state index contributed by atoms with van der Waals surface area (Å²) >= 11 is 6.01. The lowest BCUT2D eigenvalue weighted by Crippen LogP contribution is -2.44. The van der Waals surface area contributed by atoms with Crippen molar-refractivity contribution in [3.8, 4) is 17.2 Å². The fourth-order valence-corrected chi connectivity index (χ4v) is 4.35. The topological polar surface area (TPSA) is 77.1 Å². The first-order valence-electron chi connectivity index (χ1n) is 12.7. The van der Waals surface area contributed by atoms with Gasteiger partial charge in [0.2, 0.25) is 5.91 Å². The number of rotatable bonds is 8. The fraction of sp³-hybridized carbons (Fsp3) is 0.290. The first-order chi connectivity index (χ1) is 18.6. The maximum Gasteiger partial charge on any atom is 0.294 e. The summed E-state index contributed by atoms with van der Waals surface area (Å²) < 4.78 is 16.7. The van der Waals surface area contributed by atoms with E-state index in [-0.39, 0.29) is 23.6 Å². The van der Waals surface area contributed by atoms with Crippen LogP contribution in [0.25, 0.3) is 6.08 Å². The maximum atomic E-state index is 13.6. The molecule has 3 aromatic rings. The highest BCUT2D eigenvalue weighted by Gasteiger charge is 2.33. The third-order valence-electron chi connectivity index (χ3n) is 6.44. The second-order valence-corrected chi connectivity index (χ2v) is 10.7. The minimum Gasteiger partial charge on any atom is -0.493 e. The van der Waals surface area contributed by atoms with Crippen molar-refractivity contribution in [2.45, 2.75) is 32.6 Å². The van der Waals surface area contributed by atoms with Gasteiger partial charge in [-0.05, 0) is 71.0 Å². The van der Waals surface area contributed by atoms with E-state index in [0.717, 1.165) is 16.7 Å². The van der Waals surface area contributed by atoms with Crippen LogP contribution < -0.4 is 24.4 Å². The SMILES string of the molecule is COc1ccc(CCNC(=O)CN2C(=O)/C(=C\c3ccc(Cl)cc3)Oc3ccc(C(C)(C)C)cc32)cc1OC. The van der Waals surface area contributed by atoms with E-state index in [9.17, 15) is 9.59 Å². The lowest BCUT2D eigenvalue weighted by atomic mass is 9.86. The van der Waals surface area contributed by atoms with Crippen molar-refractivity contribution in [1.29, 1.82) is 0 Å². The highest BCUT2D eigenvalue weighted by atomic mass is 35.5. The highest BCUT2D eigenvalue weighted by molar-refractivity contribution is 6.30. The van der Waals surface area contributed by atoms with E-state index in [2.05, 4.69) is 26.1 Å². The number of benzene rings is 3. The molecule has 2 amide bonds. The standard InChI is InChI=1S/C31H33ClN2O5/c1-31(2,3)22-9-13-25-24(18-22)34(30(36)28(39-25)17-20-6-10-23(32)11-7-20)19-29(35)33-15-14-21-8-12-26(37-4)27(16-21)38-5/h6-13,16-18H,14-15,19H2,1-5H3,(H,33,35)/b28-17+. The van der Waals surface area contributed by atoms with E-state index >= 15 is 0 Å². The second-order valence-electron chi connectivity index (χ2n) is 10.3. The summed E-state index contributed by atoms with van der Waals surface area (Å²) in [5.74, 6) is 1.26. The Labute approximate surface area is 234 Å². The van der Waals surface area contributed by atoms with Crippen molar-refractivity contribution in [1.82, 2.24) is 5.32 Å². The van der Waals surface area contributed by atoms with Crippen LogP contribution in [0, 0.1) is 0 Å². The second kappa shape index (κ2) is 11.8. The van der Waals surface area contributed by atoms with Crippen LogP contribution in [0.15, 0.2) is 66.4 Å². The minimum atomic E-state index is -0.390. The lowest BCUT2D eigenvalue weighted by Gasteiger charge is -2.32. The number of hydrogen-bond acceptors (Lipinski definition) is 5. The Morgan fingerprint density at radius 2 is 1.72 bits per heavy atom. The van der Waals surface area contributed by atoms with Gasteiger partial charge in [0.1, 0.15) is 6.54 Å². The zero-order valence-electron chi connectivity index (χ0n) is 22.8. The fourth-order valence-electron chi connectivity index (χ4n) is 4.23. The van der Waals surface area contributed by atoms with Crippen LogP contribution in [-0.4, -0.2) is 39.1 Å². The average Bonchev–Trinajstić information content (AvgIpc) is 2.91. The van der Waals surface area contributed by atoms with Crippen molar-refractivity contribution in [2.75, 3.05) is 32.2 Å². The molecule has 8 heteroatoms. The molecule has 39 heavy (non-hydrogen) atoms. The maximum absolute atomic E-state index is 13.6. The summed E-state index contributed by atoms with van der Waals surface area (Å²) in [4.78, 5) is 28.1. The van der Waals surface area contributed by atoms with Crippen LogP contribution in [0.1, 0.15) is 37.5 Å². The summed E-state index contributed by atoms with van der Waals surface area (Å²) in [5.41, 5.74) is 3.20. The van der Waals surface area contributed by atoms with Gasteiger partial charge in [-0.1, -0.05) is 56.6 Å². The van der Waals surface area contributed by atoms with Gasteiger partial charge in [0.15, 0.2) is 23.0 Å². The Morgan fingerprint density at radius 3 is 2.38 bits per heavy atom. The number of nitrogens with one attached hydrogen (secondary N) is 1. The predicted molar refractivity (Wildman–Crippen MR) is 154 cm³/mol. The van der Waals surface area contributed by atoms with Gasteiger partial charge in [-0.15, -0.1) is 0 Å². The number of fused-ring (bicyclic) bond motifs is 1. The molecular formula is C31H33ClN2O5. The van der Waals surface area contributed by atoms with Crippen LogP contribution >= 0.6 is 11.6 Å². The summed E-state index contributed by atoms with van der Waals surface area (Å²) in [6.45, 7) is 6.54. The first-order valence-corrected chi connectivity index (χ1v) is 13.1. The summed E-state index contributed by atoms with van der Waals surface area (Å²) in [6.07, 6.45) is 2.25. The van der Waals surface area contributed by atoms with Crippen molar-refractivity contribution >= 4 is 35.2 Å². The number of carbonyl (C=O) groups is 2.